The fourth-order valence-electron chi connectivity index (χ4n) is 1.94. The molecule has 1 fully saturated rings. The molecule has 1 heterocycles. The van der Waals surface area contributed by atoms with E-state index in [-0.39, 0.29) is 13.2 Å². The van der Waals surface area contributed by atoms with Crippen LogP contribution in [0.3, 0.4) is 0 Å². The first-order valence-corrected chi connectivity index (χ1v) is 5.16. The second-order valence-electron chi connectivity index (χ2n) is 4.53. The van der Waals surface area contributed by atoms with Gasteiger partial charge < -0.3 is 14.7 Å². The van der Waals surface area contributed by atoms with Crippen molar-refractivity contribution < 1.29 is 19.4 Å². The lowest BCUT2D eigenvalue weighted by atomic mass is 9.97. The van der Waals surface area contributed by atoms with Crippen molar-refractivity contribution in [2.75, 3.05) is 13.2 Å². The van der Waals surface area contributed by atoms with E-state index >= 15 is 0 Å². The number of amides is 1. The highest BCUT2D eigenvalue weighted by atomic mass is 16.6. The summed E-state index contributed by atoms with van der Waals surface area (Å²) >= 11 is 0. The van der Waals surface area contributed by atoms with Crippen LogP contribution in [0.2, 0.25) is 0 Å². The lowest BCUT2D eigenvalue weighted by Crippen LogP contribution is -2.43. The number of carboxylic acid groups (broad SMARTS) is 1. The van der Waals surface area contributed by atoms with E-state index in [1.54, 1.807) is 0 Å². The van der Waals surface area contributed by atoms with Gasteiger partial charge in [-0.05, 0) is 20.3 Å². The Balaban J connectivity index is 2.69. The average molecular weight is 227 g/mol. The predicted octanol–water partition coefficient (Wildman–Crippen LogP) is 1.49. The smallest absolute Gasteiger partial charge is 0.410 e. The minimum atomic E-state index is -0.868. The first kappa shape index (κ1) is 12.5. The van der Waals surface area contributed by atoms with Crippen LogP contribution < -0.4 is 0 Å². The Morgan fingerprint density at radius 2 is 2.25 bits per heavy atom. The molecule has 1 rings (SSSR count). The van der Waals surface area contributed by atoms with E-state index in [0.717, 1.165) is 0 Å². The number of carbonyl (C=O) groups excluding carboxylic acids is 1. The SMILES string of the molecule is C=CCOC(=O)N1CC(C(=O)O)CC1(C)C. The Morgan fingerprint density at radius 1 is 1.62 bits per heavy atom. The summed E-state index contributed by atoms with van der Waals surface area (Å²) in [5.41, 5.74) is -0.471. The predicted molar refractivity (Wildman–Crippen MR) is 58.1 cm³/mol. The van der Waals surface area contributed by atoms with Crippen LogP contribution in [0.1, 0.15) is 20.3 Å². The van der Waals surface area contributed by atoms with E-state index in [1.165, 1.54) is 11.0 Å². The van der Waals surface area contributed by atoms with Crippen molar-refractivity contribution in [1.82, 2.24) is 4.90 Å². The zero-order chi connectivity index (χ0) is 12.3. The highest BCUT2D eigenvalue weighted by Crippen LogP contribution is 2.33. The van der Waals surface area contributed by atoms with Gasteiger partial charge in [0.1, 0.15) is 6.61 Å². The summed E-state index contributed by atoms with van der Waals surface area (Å²) in [5.74, 6) is -1.38. The first-order chi connectivity index (χ1) is 7.38. The van der Waals surface area contributed by atoms with E-state index in [1.807, 2.05) is 13.8 Å². The largest absolute Gasteiger partial charge is 0.481 e. The minimum Gasteiger partial charge on any atom is -0.481 e. The van der Waals surface area contributed by atoms with Crippen molar-refractivity contribution in [3.05, 3.63) is 12.7 Å². The highest BCUT2D eigenvalue weighted by molar-refractivity contribution is 5.75. The lowest BCUT2D eigenvalue weighted by Gasteiger charge is -2.30. The lowest BCUT2D eigenvalue weighted by molar-refractivity contribution is -0.141. The number of likely N-dealkylation sites (tertiary alicyclic amines) is 1. The summed E-state index contributed by atoms with van der Waals surface area (Å²) in [6.07, 6.45) is 1.45. The molecule has 0 aliphatic carbocycles. The molecule has 1 atom stereocenters. The Labute approximate surface area is 94.7 Å². The van der Waals surface area contributed by atoms with E-state index in [9.17, 15) is 9.59 Å². The van der Waals surface area contributed by atoms with Gasteiger partial charge in [0.15, 0.2) is 0 Å². The Kier molecular flexibility index (Phi) is 3.57. The number of carbonyl (C=O) groups is 2. The van der Waals surface area contributed by atoms with Crippen molar-refractivity contribution in [3.63, 3.8) is 0 Å². The van der Waals surface area contributed by atoms with E-state index in [4.69, 9.17) is 9.84 Å². The van der Waals surface area contributed by atoms with Gasteiger partial charge >= 0.3 is 12.1 Å². The fourth-order valence-corrected chi connectivity index (χ4v) is 1.94. The van der Waals surface area contributed by atoms with Crippen LogP contribution >= 0.6 is 0 Å². The summed E-state index contributed by atoms with van der Waals surface area (Å²) in [6, 6.07) is 0. The van der Waals surface area contributed by atoms with Crippen LogP contribution in [0.4, 0.5) is 4.79 Å². The second kappa shape index (κ2) is 4.55. The van der Waals surface area contributed by atoms with Crippen LogP contribution in [0.15, 0.2) is 12.7 Å². The number of carboxylic acids is 1. The maximum atomic E-state index is 11.7. The van der Waals surface area contributed by atoms with E-state index < -0.39 is 23.5 Å². The molecule has 0 saturated carbocycles. The number of hydrogen-bond donors (Lipinski definition) is 1. The van der Waals surface area contributed by atoms with Crippen molar-refractivity contribution in [1.29, 1.82) is 0 Å². The molecule has 0 aromatic carbocycles. The third-order valence-electron chi connectivity index (χ3n) is 2.77. The topological polar surface area (TPSA) is 66.8 Å². The third-order valence-corrected chi connectivity index (χ3v) is 2.77. The molecule has 5 heteroatoms. The van der Waals surface area contributed by atoms with Crippen molar-refractivity contribution >= 4 is 12.1 Å². The Bertz CT molecular complexity index is 311. The number of rotatable bonds is 3. The molecule has 0 radical (unpaired) electrons. The Hall–Kier alpha value is -1.52. The number of hydrogen-bond acceptors (Lipinski definition) is 3. The standard InChI is InChI=1S/C11H17NO4/c1-4-5-16-10(15)12-7-8(9(13)14)6-11(12,2)3/h4,8H,1,5-7H2,2-3H3,(H,13,14). The zero-order valence-corrected chi connectivity index (χ0v) is 9.60. The van der Waals surface area contributed by atoms with Crippen LogP contribution in [0.25, 0.3) is 0 Å². The molecule has 0 aromatic rings. The van der Waals surface area contributed by atoms with Gasteiger partial charge in [0.2, 0.25) is 0 Å². The second-order valence-corrected chi connectivity index (χ2v) is 4.53. The molecule has 1 aliphatic rings. The molecule has 1 unspecified atom stereocenters. The monoisotopic (exact) mass is 227 g/mol. The number of nitrogens with zero attached hydrogens (tertiary/aromatic N) is 1. The van der Waals surface area contributed by atoms with Gasteiger partial charge in [-0.1, -0.05) is 12.7 Å². The Morgan fingerprint density at radius 3 is 2.69 bits per heavy atom. The van der Waals surface area contributed by atoms with Crippen LogP contribution in [0.5, 0.6) is 0 Å². The molecule has 0 spiro atoms. The maximum absolute atomic E-state index is 11.7. The molecule has 1 amide bonds. The van der Waals surface area contributed by atoms with Gasteiger partial charge in [0.25, 0.3) is 0 Å². The molecule has 5 nitrogen and oxygen atoms in total. The zero-order valence-electron chi connectivity index (χ0n) is 9.60. The summed E-state index contributed by atoms with van der Waals surface area (Å²) < 4.78 is 4.91. The summed E-state index contributed by atoms with van der Waals surface area (Å²) in [5, 5.41) is 8.93. The molecule has 1 N–H and O–H groups in total. The van der Waals surface area contributed by atoms with Gasteiger partial charge in [0.05, 0.1) is 5.92 Å². The van der Waals surface area contributed by atoms with Crippen LogP contribution in [-0.2, 0) is 9.53 Å². The fraction of sp³-hybridized carbons (Fsp3) is 0.636. The highest BCUT2D eigenvalue weighted by Gasteiger charge is 2.44. The molecule has 1 aliphatic heterocycles. The summed E-state index contributed by atoms with van der Waals surface area (Å²) in [7, 11) is 0. The average Bonchev–Trinajstić information content (AvgIpc) is 2.51. The molecule has 0 aromatic heterocycles. The maximum Gasteiger partial charge on any atom is 0.410 e. The molecular weight excluding hydrogens is 210 g/mol. The quantitative estimate of drug-likeness (QED) is 0.742. The van der Waals surface area contributed by atoms with Crippen molar-refractivity contribution in [3.8, 4) is 0 Å². The third kappa shape index (κ3) is 2.53. The van der Waals surface area contributed by atoms with Gasteiger partial charge in [-0.25, -0.2) is 4.79 Å². The van der Waals surface area contributed by atoms with Crippen molar-refractivity contribution in [2.24, 2.45) is 5.92 Å². The molecule has 90 valence electrons. The van der Waals surface area contributed by atoms with Crippen LogP contribution in [-0.4, -0.2) is 40.8 Å². The molecule has 16 heavy (non-hydrogen) atoms. The van der Waals surface area contributed by atoms with Crippen molar-refractivity contribution in [2.45, 2.75) is 25.8 Å². The number of aliphatic carboxylic acids is 1. The minimum absolute atomic E-state index is 0.142. The summed E-state index contributed by atoms with van der Waals surface area (Å²) in [6.45, 7) is 7.47. The normalized spacial score (nSPS) is 22.9. The summed E-state index contributed by atoms with van der Waals surface area (Å²) in [4.78, 5) is 24.0. The van der Waals surface area contributed by atoms with Gasteiger partial charge in [0, 0.05) is 12.1 Å². The van der Waals surface area contributed by atoms with Gasteiger partial charge in [-0.15, -0.1) is 0 Å². The van der Waals surface area contributed by atoms with E-state index in [0.29, 0.717) is 6.42 Å². The molecule has 1 saturated heterocycles. The van der Waals surface area contributed by atoms with E-state index in [2.05, 4.69) is 6.58 Å². The van der Waals surface area contributed by atoms with Gasteiger partial charge in [-0.2, -0.15) is 0 Å². The molecule has 0 bridgehead atoms. The number of ether oxygens (including phenoxy) is 1. The molecular formula is C11H17NO4. The first-order valence-electron chi connectivity index (χ1n) is 5.16. The van der Waals surface area contributed by atoms with Crippen LogP contribution in [0, 0.1) is 5.92 Å². The van der Waals surface area contributed by atoms with Gasteiger partial charge in [-0.3, -0.25) is 4.79 Å².